The highest BCUT2D eigenvalue weighted by atomic mass is 19.4. The van der Waals surface area contributed by atoms with E-state index in [0.29, 0.717) is 11.4 Å². The SMILES string of the molecule is O=C(c1coc(Cc2ccc(-c3ccccc3)nn2)n1)N1CC(O)(C(F)(F)F)C1. The molecule has 1 fully saturated rings. The van der Waals surface area contributed by atoms with Gasteiger partial charge in [-0.25, -0.2) is 4.98 Å². The first-order valence-corrected chi connectivity index (χ1v) is 8.66. The topological polar surface area (TPSA) is 92.3 Å². The van der Waals surface area contributed by atoms with Gasteiger partial charge < -0.3 is 14.4 Å². The molecule has 0 atom stereocenters. The average Bonchev–Trinajstić information content (AvgIpc) is 3.14. The molecule has 2 aromatic heterocycles. The van der Waals surface area contributed by atoms with Crippen LogP contribution in [0, 0.1) is 0 Å². The molecule has 3 aromatic rings. The van der Waals surface area contributed by atoms with Gasteiger partial charge >= 0.3 is 6.18 Å². The van der Waals surface area contributed by atoms with Gasteiger partial charge in [0.25, 0.3) is 5.91 Å². The van der Waals surface area contributed by atoms with Crippen molar-refractivity contribution in [2.24, 2.45) is 0 Å². The molecule has 1 amide bonds. The van der Waals surface area contributed by atoms with Crippen LogP contribution in [0.15, 0.2) is 53.1 Å². The van der Waals surface area contributed by atoms with Crippen LogP contribution in [0.4, 0.5) is 13.2 Å². The fourth-order valence-corrected chi connectivity index (χ4v) is 2.93. The second kappa shape index (κ2) is 6.96. The maximum absolute atomic E-state index is 12.7. The molecule has 1 N–H and O–H groups in total. The van der Waals surface area contributed by atoms with Crippen molar-refractivity contribution in [3.8, 4) is 11.3 Å². The lowest BCUT2D eigenvalue weighted by molar-refractivity contribution is -0.294. The summed E-state index contributed by atoms with van der Waals surface area (Å²) < 4.78 is 43.2. The smallest absolute Gasteiger partial charge is 0.420 e. The molecule has 0 unspecified atom stereocenters. The Bertz CT molecular complexity index is 1010. The number of benzene rings is 1. The molecule has 29 heavy (non-hydrogen) atoms. The first kappa shape index (κ1) is 19.1. The summed E-state index contributed by atoms with van der Waals surface area (Å²) in [5.74, 6) is -0.554. The summed E-state index contributed by atoms with van der Waals surface area (Å²) in [5.41, 5.74) is -0.818. The van der Waals surface area contributed by atoms with Gasteiger partial charge in [0.2, 0.25) is 5.89 Å². The van der Waals surface area contributed by atoms with Crippen molar-refractivity contribution in [1.82, 2.24) is 20.1 Å². The number of nitrogens with zero attached hydrogens (tertiary/aromatic N) is 4. The Labute approximate surface area is 162 Å². The Kier molecular flexibility index (Phi) is 4.58. The van der Waals surface area contributed by atoms with Gasteiger partial charge in [0, 0.05) is 5.56 Å². The number of hydrogen-bond donors (Lipinski definition) is 1. The number of alkyl halides is 3. The van der Waals surface area contributed by atoms with E-state index in [1.807, 2.05) is 30.3 Å². The molecule has 3 heterocycles. The number of rotatable bonds is 4. The van der Waals surface area contributed by atoms with Gasteiger partial charge in [-0.2, -0.15) is 23.4 Å². The third-order valence-corrected chi connectivity index (χ3v) is 4.61. The Morgan fingerprint density at radius 1 is 1.14 bits per heavy atom. The molecule has 1 aliphatic rings. The van der Waals surface area contributed by atoms with Gasteiger partial charge in [-0.05, 0) is 12.1 Å². The number of aliphatic hydroxyl groups is 1. The van der Waals surface area contributed by atoms with Gasteiger partial charge in [0.05, 0.1) is 30.9 Å². The second-order valence-corrected chi connectivity index (χ2v) is 6.77. The van der Waals surface area contributed by atoms with E-state index < -0.39 is 30.8 Å². The van der Waals surface area contributed by atoms with Crippen LogP contribution in [-0.4, -0.2) is 56.0 Å². The largest absolute Gasteiger partial charge is 0.448 e. The number of halogens is 3. The van der Waals surface area contributed by atoms with Crippen LogP contribution in [0.5, 0.6) is 0 Å². The van der Waals surface area contributed by atoms with Crippen molar-refractivity contribution in [3.05, 3.63) is 66.0 Å². The van der Waals surface area contributed by atoms with Crippen molar-refractivity contribution in [2.45, 2.75) is 18.2 Å². The monoisotopic (exact) mass is 404 g/mol. The van der Waals surface area contributed by atoms with Gasteiger partial charge in [-0.1, -0.05) is 30.3 Å². The van der Waals surface area contributed by atoms with E-state index in [4.69, 9.17) is 4.42 Å². The van der Waals surface area contributed by atoms with E-state index in [-0.39, 0.29) is 18.0 Å². The average molecular weight is 404 g/mol. The van der Waals surface area contributed by atoms with E-state index in [9.17, 15) is 23.1 Å². The molecule has 10 heteroatoms. The molecule has 1 aromatic carbocycles. The van der Waals surface area contributed by atoms with Crippen LogP contribution >= 0.6 is 0 Å². The van der Waals surface area contributed by atoms with Crippen molar-refractivity contribution in [3.63, 3.8) is 0 Å². The highest BCUT2D eigenvalue weighted by molar-refractivity contribution is 5.92. The normalized spacial score (nSPS) is 15.8. The maximum atomic E-state index is 12.7. The van der Waals surface area contributed by atoms with Gasteiger partial charge in [-0.15, -0.1) is 0 Å². The lowest BCUT2D eigenvalue weighted by Gasteiger charge is -2.46. The predicted molar refractivity (Wildman–Crippen MR) is 93.7 cm³/mol. The summed E-state index contributed by atoms with van der Waals surface area (Å²) >= 11 is 0. The lowest BCUT2D eigenvalue weighted by atomic mass is 9.93. The van der Waals surface area contributed by atoms with Crippen LogP contribution in [0.25, 0.3) is 11.3 Å². The number of carbonyl (C=O) groups is 1. The minimum absolute atomic E-state index is 0.127. The molecular weight excluding hydrogens is 389 g/mol. The fourth-order valence-electron chi connectivity index (χ4n) is 2.93. The van der Waals surface area contributed by atoms with Crippen molar-refractivity contribution >= 4 is 5.91 Å². The lowest BCUT2D eigenvalue weighted by Crippen LogP contribution is -2.70. The molecule has 1 saturated heterocycles. The quantitative estimate of drug-likeness (QED) is 0.718. The predicted octanol–water partition coefficient (Wildman–Crippen LogP) is 2.47. The van der Waals surface area contributed by atoms with Gasteiger partial charge in [-0.3, -0.25) is 4.79 Å². The Morgan fingerprint density at radius 2 is 1.86 bits per heavy atom. The summed E-state index contributed by atoms with van der Waals surface area (Å²) in [5, 5.41) is 17.7. The van der Waals surface area contributed by atoms with Crippen LogP contribution in [0.1, 0.15) is 22.1 Å². The first-order valence-electron chi connectivity index (χ1n) is 8.66. The molecule has 4 rings (SSSR count). The molecule has 0 spiro atoms. The van der Waals surface area contributed by atoms with Crippen LogP contribution < -0.4 is 0 Å². The van der Waals surface area contributed by atoms with Gasteiger partial charge in [0.15, 0.2) is 11.3 Å². The fraction of sp³-hybridized carbons (Fsp3) is 0.263. The number of oxazole rings is 1. The highest BCUT2D eigenvalue weighted by Gasteiger charge is 2.62. The number of hydrogen-bond acceptors (Lipinski definition) is 6. The Hall–Kier alpha value is -3.27. The minimum atomic E-state index is -4.79. The number of likely N-dealkylation sites (tertiary alicyclic amines) is 1. The van der Waals surface area contributed by atoms with E-state index in [1.165, 1.54) is 0 Å². The van der Waals surface area contributed by atoms with Crippen molar-refractivity contribution in [1.29, 1.82) is 0 Å². The summed E-state index contributed by atoms with van der Waals surface area (Å²) in [7, 11) is 0. The zero-order chi connectivity index (χ0) is 20.6. The third-order valence-electron chi connectivity index (χ3n) is 4.61. The van der Waals surface area contributed by atoms with E-state index in [0.717, 1.165) is 16.7 Å². The number of carbonyl (C=O) groups excluding carboxylic acids is 1. The number of β-amino-alcohol motifs (C(OH)–C–C–N with tert-alkyl or cyclic N) is 1. The van der Waals surface area contributed by atoms with Crippen LogP contribution in [0.2, 0.25) is 0 Å². The third kappa shape index (κ3) is 3.70. The summed E-state index contributed by atoms with van der Waals surface area (Å²) in [6, 6.07) is 13.0. The van der Waals surface area contributed by atoms with E-state index >= 15 is 0 Å². The zero-order valence-electron chi connectivity index (χ0n) is 14.9. The Balaban J connectivity index is 1.39. The second-order valence-electron chi connectivity index (χ2n) is 6.77. The molecule has 150 valence electrons. The summed E-state index contributed by atoms with van der Waals surface area (Å²) in [6.07, 6.45) is -3.54. The van der Waals surface area contributed by atoms with Gasteiger partial charge in [0.1, 0.15) is 6.26 Å². The summed E-state index contributed by atoms with van der Waals surface area (Å²) in [6.45, 7) is -1.66. The zero-order valence-corrected chi connectivity index (χ0v) is 14.9. The van der Waals surface area contributed by atoms with Crippen molar-refractivity contribution < 1.29 is 27.5 Å². The number of amides is 1. The molecule has 0 bridgehead atoms. The summed E-state index contributed by atoms with van der Waals surface area (Å²) in [4.78, 5) is 17.1. The molecule has 0 saturated carbocycles. The maximum Gasteiger partial charge on any atom is 0.420 e. The molecule has 1 aliphatic heterocycles. The molecule has 0 radical (unpaired) electrons. The molecule has 0 aliphatic carbocycles. The first-order chi connectivity index (χ1) is 13.7. The van der Waals surface area contributed by atoms with Crippen molar-refractivity contribution in [2.75, 3.05) is 13.1 Å². The van der Waals surface area contributed by atoms with E-state index in [1.54, 1.807) is 12.1 Å². The van der Waals surface area contributed by atoms with Crippen LogP contribution in [0.3, 0.4) is 0 Å². The highest BCUT2D eigenvalue weighted by Crippen LogP contribution is 2.38. The number of aromatic nitrogens is 3. The Morgan fingerprint density at radius 3 is 2.48 bits per heavy atom. The van der Waals surface area contributed by atoms with E-state index in [2.05, 4.69) is 15.2 Å². The standard InChI is InChI=1S/C19H15F3N4O3/c20-19(21,22)18(28)10-26(11-18)17(27)15-9-29-16(23-15)8-13-6-7-14(25-24-13)12-4-2-1-3-5-12/h1-7,9,28H,8,10-11H2. The minimum Gasteiger partial charge on any atom is -0.448 e. The van der Waals surface area contributed by atoms with Crippen LogP contribution in [-0.2, 0) is 6.42 Å². The molecular formula is C19H15F3N4O3. The molecule has 7 nitrogen and oxygen atoms in total.